The van der Waals surface area contributed by atoms with Gasteiger partial charge in [0.15, 0.2) is 17.2 Å². The molecule has 0 saturated heterocycles. The van der Waals surface area contributed by atoms with E-state index in [1.807, 2.05) is 54.6 Å². The molecule has 0 spiro atoms. The van der Waals surface area contributed by atoms with Gasteiger partial charge in [0, 0.05) is 23.3 Å². The van der Waals surface area contributed by atoms with Crippen molar-refractivity contribution in [3.63, 3.8) is 0 Å². The lowest BCUT2D eigenvalue weighted by Gasteiger charge is -1.99. The van der Waals surface area contributed by atoms with Crippen molar-refractivity contribution in [2.75, 3.05) is 7.11 Å². The van der Waals surface area contributed by atoms with Gasteiger partial charge in [-0.1, -0.05) is 40.6 Å². The number of carbonyl (C=O) groups is 1. The standard InChI is InChI=1S/C21H16N2O5/c1-25-17-9-7-15(8-10-17)19-11-16(22-27-19)13-26-21(24)18-12-20(28-23-18)14-5-3-2-4-6-14/h2-12H,13H2,1H3. The summed E-state index contributed by atoms with van der Waals surface area (Å²) >= 11 is 0. The van der Waals surface area contributed by atoms with Gasteiger partial charge in [-0.05, 0) is 24.3 Å². The van der Waals surface area contributed by atoms with Gasteiger partial charge in [-0.3, -0.25) is 0 Å². The largest absolute Gasteiger partial charge is 0.497 e. The summed E-state index contributed by atoms with van der Waals surface area (Å²) < 4.78 is 20.9. The van der Waals surface area contributed by atoms with Crippen LogP contribution >= 0.6 is 0 Å². The number of rotatable bonds is 6. The van der Waals surface area contributed by atoms with E-state index in [9.17, 15) is 4.79 Å². The van der Waals surface area contributed by atoms with Crippen LogP contribution < -0.4 is 4.74 Å². The van der Waals surface area contributed by atoms with Crippen molar-refractivity contribution in [3.05, 3.63) is 78.1 Å². The third kappa shape index (κ3) is 3.78. The maximum absolute atomic E-state index is 12.2. The van der Waals surface area contributed by atoms with Crippen LogP contribution in [0.25, 0.3) is 22.6 Å². The van der Waals surface area contributed by atoms with Gasteiger partial charge in [0.25, 0.3) is 0 Å². The Bertz CT molecular complexity index is 1070. The lowest BCUT2D eigenvalue weighted by atomic mass is 10.1. The van der Waals surface area contributed by atoms with Gasteiger partial charge < -0.3 is 18.5 Å². The van der Waals surface area contributed by atoms with E-state index >= 15 is 0 Å². The van der Waals surface area contributed by atoms with Gasteiger partial charge in [0.2, 0.25) is 0 Å². The first-order chi connectivity index (χ1) is 13.7. The van der Waals surface area contributed by atoms with Crippen molar-refractivity contribution in [2.24, 2.45) is 0 Å². The Balaban J connectivity index is 1.39. The molecule has 0 saturated carbocycles. The number of nitrogens with zero attached hydrogens (tertiary/aromatic N) is 2. The Morgan fingerprint density at radius 1 is 0.893 bits per heavy atom. The first-order valence-corrected chi connectivity index (χ1v) is 8.52. The zero-order chi connectivity index (χ0) is 19.3. The van der Waals surface area contributed by atoms with Gasteiger partial charge in [-0.25, -0.2) is 4.79 Å². The van der Waals surface area contributed by atoms with E-state index in [1.165, 1.54) is 0 Å². The second-order valence-electron chi connectivity index (χ2n) is 5.93. The summed E-state index contributed by atoms with van der Waals surface area (Å²) in [5, 5.41) is 7.69. The van der Waals surface area contributed by atoms with Crippen LogP contribution in [0.2, 0.25) is 0 Å². The minimum atomic E-state index is -0.597. The number of benzene rings is 2. The van der Waals surface area contributed by atoms with Gasteiger partial charge in [-0.15, -0.1) is 0 Å². The van der Waals surface area contributed by atoms with Gasteiger partial charge >= 0.3 is 5.97 Å². The Kier molecular flexibility index (Phi) is 4.88. The Morgan fingerprint density at radius 2 is 1.57 bits per heavy atom. The predicted molar refractivity (Wildman–Crippen MR) is 99.5 cm³/mol. The molecule has 0 N–H and O–H groups in total. The number of hydrogen-bond acceptors (Lipinski definition) is 7. The van der Waals surface area contributed by atoms with Crippen molar-refractivity contribution in [1.29, 1.82) is 0 Å². The van der Waals surface area contributed by atoms with Crippen LogP contribution in [0.3, 0.4) is 0 Å². The molecule has 0 aliphatic heterocycles. The molecular weight excluding hydrogens is 360 g/mol. The summed E-state index contributed by atoms with van der Waals surface area (Å²) in [6.07, 6.45) is 0. The van der Waals surface area contributed by atoms with Crippen LogP contribution in [0, 0.1) is 0 Å². The van der Waals surface area contributed by atoms with Crippen molar-refractivity contribution in [1.82, 2.24) is 10.3 Å². The molecule has 4 aromatic rings. The molecular formula is C21H16N2O5. The number of aromatic nitrogens is 2. The van der Waals surface area contributed by atoms with E-state index in [0.717, 1.165) is 16.9 Å². The SMILES string of the molecule is COc1ccc(-c2cc(COC(=O)c3cc(-c4ccccc4)on3)no2)cc1. The number of carbonyl (C=O) groups excluding carboxylic acids is 1. The molecule has 0 amide bonds. The van der Waals surface area contributed by atoms with Crippen molar-refractivity contribution < 1.29 is 23.3 Å². The van der Waals surface area contributed by atoms with Crippen LogP contribution in [0.5, 0.6) is 5.75 Å². The summed E-state index contributed by atoms with van der Waals surface area (Å²) in [4.78, 5) is 12.2. The summed E-state index contributed by atoms with van der Waals surface area (Å²) in [7, 11) is 1.60. The molecule has 28 heavy (non-hydrogen) atoms. The Hall–Kier alpha value is -3.87. The smallest absolute Gasteiger partial charge is 0.360 e. The summed E-state index contributed by atoms with van der Waals surface area (Å²) in [5.41, 5.74) is 2.26. The maximum Gasteiger partial charge on any atom is 0.360 e. The minimum Gasteiger partial charge on any atom is -0.497 e. The highest BCUT2D eigenvalue weighted by atomic mass is 16.5. The average molecular weight is 376 g/mol. The zero-order valence-electron chi connectivity index (χ0n) is 15.0. The zero-order valence-corrected chi connectivity index (χ0v) is 15.0. The van der Waals surface area contributed by atoms with Crippen LogP contribution in [-0.4, -0.2) is 23.4 Å². The first kappa shape index (κ1) is 17.5. The molecule has 0 aliphatic carbocycles. The molecule has 4 rings (SSSR count). The summed E-state index contributed by atoms with van der Waals surface area (Å²) in [6.45, 7) is -0.0357. The number of hydrogen-bond donors (Lipinski definition) is 0. The summed E-state index contributed by atoms with van der Waals surface area (Å²) in [5.74, 6) is 1.22. The van der Waals surface area contributed by atoms with Crippen LogP contribution in [0.4, 0.5) is 0 Å². The first-order valence-electron chi connectivity index (χ1n) is 8.52. The molecule has 0 atom stereocenters. The number of ether oxygens (including phenoxy) is 2. The van der Waals surface area contributed by atoms with Crippen LogP contribution in [-0.2, 0) is 11.3 Å². The van der Waals surface area contributed by atoms with Crippen LogP contribution in [0.1, 0.15) is 16.2 Å². The van der Waals surface area contributed by atoms with Crippen LogP contribution in [0.15, 0.2) is 75.8 Å². The molecule has 0 bridgehead atoms. The van der Waals surface area contributed by atoms with Gasteiger partial charge in [0.05, 0.1) is 7.11 Å². The van der Waals surface area contributed by atoms with Crippen molar-refractivity contribution >= 4 is 5.97 Å². The van der Waals surface area contributed by atoms with E-state index < -0.39 is 5.97 Å². The predicted octanol–water partition coefficient (Wildman–Crippen LogP) is 4.36. The highest BCUT2D eigenvalue weighted by molar-refractivity contribution is 5.88. The topological polar surface area (TPSA) is 87.6 Å². The normalized spacial score (nSPS) is 10.6. The lowest BCUT2D eigenvalue weighted by Crippen LogP contribution is -2.05. The highest BCUT2D eigenvalue weighted by Crippen LogP contribution is 2.24. The van der Waals surface area contributed by atoms with Gasteiger partial charge in [-0.2, -0.15) is 0 Å². The Morgan fingerprint density at radius 3 is 2.32 bits per heavy atom. The van der Waals surface area contributed by atoms with E-state index in [2.05, 4.69) is 10.3 Å². The fraction of sp³-hybridized carbons (Fsp3) is 0.0952. The van der Waals surface area contributed by atoms with Gasteiger partial charge in [0.1, 0.15) is 18.1 Å². The molecule has 0 aliphatic rings. The van der Waals surface area contributed by atoms with E-state index in [1.54, 1.807) is 19.2 Å². The third-order valence-corrected chi connectivity index (χ3v) is 4.06. The lowest BCUT2D eigenvalue weighted by molar-refractivity contribution is 0.0452. The molecule has 7 heteroatoms. The van der Waals surface area contributed by atoms with Crippen molar-refractivity contribution in [3.8, 4) is 28.4 Å². The fourth-order valence-corrected chi connectivity index (χ4v) is 2.59. The molecule has 0 unspecified atom stereocenters. The quantitative estimate of drug-likeness (QED) is 0.462. The molecule has 0 radical (unpaired) electrons. The second kappa shape index (κ2) is 7.79. The number of methoxy groups -OCH3 is 1. The van der Waals surface area contributed by atoms with E-state index in [0.29, 0.717) is 17.2 Å². The molecule has 0 fully saturated rings. The van der Waals surface area contributed by atoms with Crippen molar-refractivity contribution in [2.45, 2.75) is 6.61 Å². The monoisotopic (exact) mass is 376 g/mol. The molecule has 2 heterocycles. The minimum absolute atomic E-state index is 0.0357. The number of esters is 1. The molecule has 2 aromatic carbocycles. The van der Waals surface area contributed by atoms with E-state index in [4.69, 9.17) is 18.5 Å². The summed E-state index contributed by atoms with van der Waals surface area (Å²) in [6, 6.07) is 20.0. The molecule has 7 nitrogen and oxygen atoms in total. The maximum atomic E-state index is 12.2. The molecule has 2 aromatic heterocycles. The third-order valence-electron chi connectivity index (χ3n) is 4.06. The van der Waals surface area contributed by atoms with E-state index in [-0.39, 0.29) is 12.3 Å². The average Bonchev–Trinajstić information content (AvgIpc) is 3.43. The molecule has 140 valence electrons. The highest BCUT2D eigenvalue weighted by Gasteiger charge is 2.16. The second-order valence-corrected chi connectivity index (χ2v) is 5.93. The Labute approximate surface area is 160 Å². The fourth-order valence-electron chi connectivity index (χ4n) is 2.59.